The second kappa shape index (κ2) is 6.36. The number of hydrogen-bond donors (Lipinski definition) is 2. The van der Waals surface area contributed by atoms with Gasteiger partial charge in [0, 0.05) is 11.6 Å². The zero-order chi connectivity index (χ0) is 13.0. The van der Waals surface area contributed by atoms with Gasteiger partial charge >= 0.3 is 0 Å². The van der Waals surface area contributed by atoms with Crippen LogP contribution in [0, 0.1) is 5.92 Å². The van der Waals surface area contributed by atoms with Crippen LogP contribution >= 0.6 is 0 Å². The maximum atomic E-state index is 9.49. The van der Waals surface area contributed by atoms with Gasteiger partial charge in [-0.25, -0.2) is 0 Å². The van der Waals surface area contributed by atoms with Crippen LogP contribution in [0.2, 0.25) is 0 Å². The smallest absolute Gasteiger partial charge is 0.0613 e. The van der Waals surface area contributed by atoms with Gasteiger partial charge < -0.3 is 15.7 Å². The van der Waals surface area contributed by atoms with E-state index in [2.05, 4.69) is 11.8 Å². The van der Waals surface area contributed by atoms with Crippen LogP contribution in [0.15, 0.2) is 0 Å². The van der Waals surface area contributed by atoms with E-state index in [9.17, 15) is 5.11 Å². The van der Waals surface area contributed by atoms with Crippen molar-refractivity contribution in [1.29, 1.82) is 0 Å². The molecule has 2 unspecified atom stereocenters. The Bertz CT molecular complexity index is 255. The molecule has 2 saturated carbocycles. The summed E-state index contributed by atoms with van der Waals surface area (Å²) in [4.78, 5) is 2.67. The molecule has 3 heteroatoms. The number of aliphatic hydroxyl groups is 1. The fraction of sp³-hybridized carbons (Fsp3) is 1.00. The second-order valence-electron chi connectivity index (χ2n) is 6.39. The first-order chi connectivity index (χ1) is 8.69. The minimum absolute atomic E-state index is 0.163. The monoisotopic (exact) mass is 254 g/mol. The van der Waals surface area contributed by atoms with Crippen LogP contribution in [0.3, 0.4) is 0 Å². The Morgan fingerprint density at radius 3 is 2.67 bits per heavy atom. The van der Waals surface area contributed by atoms with Crippen molar-refractivity contribution in [3.63, 3.8) is 0 Å². The van der Waals surface area contributed by atoms with E-state index in [0.29, 0.717) is 5.92 Å². The maximum Gasteiger partial charge on any atom is 0.0613 e. The van der Waals surface area contributed by atoms with E-state index < -0.39 is 0 Å². The Labute approximate surface area is 112 Å². The molecule has 2 rings (SSSR count). The summed E-state index contributed by atoms with van der Waals surface area (Å²) in [6.45, 7) is 4.87. The molecule has 2 aliphatic rings. The summed E-state index contributed by atoms with van der Waals surface area (Å²) in [5, 5.41) is 9.49. The zero-order valence-corrected chi connectivity index (χ0v) is 11.9. The van der Waals surface area contributed by atoms with Crippen molar-refractivity contribution in [2.45, 2.75) is 69.9 Å². The van der Waals surface area contributed by atoms with Crippen LogP contribution in [-0.4, -0.2) is 41.3 Å². The van der Waals surface area contributed by atoms with Gasteiger partial charge in [0.2, 0.25) is 0 Å². The molecule has 2 fully saturated rings. The average Bonchev–Trinajstić information content (AvgIpc) is 3.15. The standard InChI is InChI=1S/C15H30N2O/c1-2-3-10-17(14-6-7-14)11-8-13-5-4-9-15(13,16)12-18/h13-14,18H,2-12,16H2,1H3. The maximum absolute atomic E-state index is 9.49. The van der Waals surface area contributed by atoms with Crippen molar-refractivity contribution in [1.82, 2.24) is 4.90 Å². The largest absolute Gasteiger partial charge is 0.394 e. The number of nitrogens with two attached hydrogens (primary N) is 1. The topological polar surface area (TPSA) is 49.5 Å². The van der Waals surface area contributed by atoms with Gasteiger partial charge in [-0.2, -0.15) is 0 Å². The zero-order valence-electron chi connectivity index (χ0n) is 11.9. The Kier molecular flexibility index (Phi) is 5.05. The van der Waals surface area contributed by atoms with E-state index in [1.54, 1.807) is 0 Å². The van der Waals surface area contributed by atoms with Crippen molar-refractivity contribution in [2.24, 2.45) is 11.7 Å². The van der Waals surface area contributed by atoms with Gasteiger partial charge in [0.05, 0.1) is 6.61 Å². The highest BCUT2D eigenvalue weighted by Gasteiger charge is 2.39. The lowest BCUT2D eigenvalue weighted by Crippen LogP contribution is -2.48. The van der Waals surface area contributed by atoms with Crippen LogP contribution in [0.1, 0.15) is 58.3 Å². The van der Waals surface area contributed by atoms with Crippen molar-refractivity contribution in [2.75, 3.05) is 19.7 Å². The quantitative estimate of drug-likeness (QED) is 0.697. The van der Waals surface area contributed by atoms with Crippen molar-refractivity contribution in [3.05, 3.63) is 0 Å². The molecule has 0 saturated heterocycles. The fourth-order valence-electron chi connectivity index (χ4n) is 3.41. The third kappa shape index (κ3) is 3.46. The summed E-state index contributed by atoms with van der Waals surface area (Å²) in [6, 6.07) is 0.860. The van der Waals surface area contributed by atoms with E-state index in [4.69, 9.17) is 5.73 Å². The highest BCUT2D eigenvalue weighted by atomic mass is 16.3. The van der Waals surface area contributed by atoms with Gasteiger partial charge in [-0.3, -0.25) is 0 Å². The van der Waals surface area contributed by atoms with Crippen LogP contribution in [0.25, 0.3) is 0 Å². The fourth-order valence-corrected chi connectivity index (χ4v) is 3.41. The van der Waals surface area contributed by atoms with Crippen LogP contribution in [0.4, 0.5) is 0 Å². The van der Waals surface area contributed by atoms with Crippen molar-refractivity contribution >= 4 is 0 Å². The molecule has 106 valence electrons. The van der Waals surface area contributed by atoms with Crippen LogP contribution < -0.4 is 5.73 Å². The lowest BCUT2D eigenvalue weighted by atomic mass is 9.86. The summed E-state index contributed by atoms with van der Waals surface area (Å²) < 4.78 is 0. The summed E-state index contributed by atoms with van der Waals surface area (Å²) in [5.41, 5.74) is 6.03. The minimum atomic E-state index is -0.278. The first-order valence-corrected chi connectivity index (χ1v) is 7.83. The minimum Gasteiger partial charge on any atom is -0.394 e. The molecule has 18 heavy (non-hydrogen) atoms. The molecule has 0 aliphatic heterocycles. The predicted octanol–water partition coefficient (Wildman–Crippen LogP) is 2.13. The molecule has 0 amide bonds. The van der Waals surface area contributed by atoms with Crippen LogP contribution in [0.5, 0.6) is 0 Å². The van der Waals surface area contributed by atoms with Gasteiger partial charge in [-0.05, 0) is 57.5 Å². The lowest BCUT2D eigenvalue weighted by molar-refractivity contribution is 0.142. The van der Waals surface area contributed by atoms with Gasteiger partial charge in [-0.1, -0.05) is 19.8 Å². The highest BCUT2D eigenvalue weighted by molar-refractivity contribution is 4.97. The normalized spacial score (nSPS) is 32.3. The molecule has 0 heterocycles. The molecule has 0 aromatic heterocycles. The van der Waals surface area contributed by atoms with Gasteiger partial charge in [-0.15, -0.1) is 0 Å². The lowest BCUT2D eigenvalue weighted by Gasteiger charge is -2.31. The average molecular weight is 254 g/mol. The summed E-state index contributed by atoms with van der Waals surface area (Å²) >= 11 is 0. The highest BCUT2D eigenvalue weighted by Crippen LogP contribution is 2.36. The second-order valence-corrected chi connectivity index (χ2v) is 6.39. The van der Waals surface area contributed by atoms with E-state index in [0.717, 1.165) is 12.5 Å². The summed E-state index contributed by atoms with van der Waals surface area (Å²) in [6.07, 6.45) is 9.97. The van der Waals surface area contributed by atoms with Gasteiger partial charge in [0.1, 0.15) is 0 Å². The summed E-state index contributed by atoms with van der Waals surface area (Å²) in [7, 11) is 0. The number of hydrogen-bond acceptors (Lipinski definition) is 3. The molecule has 2 aliphatic carbocycles. The molecule has 0 aromatic rings. The van der Waals surface area contributed by atoms with Crippen molar-refractivity contribution in [3.8, 4) is 0 Å². The Balaban J connectivity index is 1.78. The third-order valence-electron chi connectivity index (χ3n) is 4.93. The SMILES string of the molecule is CCCCN(CCC1CCCC1(N)CO)C1CC1. The first kappa shape index (κ1) is 14.3. The third-order valence-corrected chi connectivity index (χ3v) is 4.93. The first-order valence-electron chi connectivity index (χ1n) is 7.83. The molecule has 2 atom stereocenters. The van der Waals surface area contributed by atoms with Gasteiger partial charge in [0.15, 0.2) is 0 Å². The molecule has 0 spiro atoms. The predicted molar refractivity (Wildman–Crippen MR) is 75.5 cm³/mol. The molecular weight excluding hydrogens is 224 g/mol. The number of rotatable bonds is 8. The number of aliphatic hydroxyl groups excluding tert-OH is 1. The van der Waals surface area contributed by atoms with E-state index >= 15 is 0 Å². The molecule has 3 N–H and O–H groups in total. The molecular formula is C15H30N2O. The Morgan fingerprint density at radius 2 is 2.06 bits per heavy atom. The molecule has 0 aromatic carbocycles. The van der Waals surface area contributed by atoms with Crippen LogP contribution in [-0.2, 0) is 0 Å². The molecule has 0 radical (unpaired) electrons. The molecule has 0 bridgehead atoms. The van der Waals surface area contributed by atoms with E-state index in [1.807, 2.05) is 0 Å². The van der Waals surface area contributed by atoms with E-state index in [1.165, 1.54) is 58.0 Å². The summed E-state index contributed by atoms with van der Waals surface area (Å²) in [5.74, 6) is 0.533. The van der Waals surface area contributed by atoms with Crippen molar-refractivity contribution < 1.29 is 5.11 Å². The number of unbranched alkanes of at least 4 members (excludes halogenated alkanes) is 1. The number of nitrogens with zero attached hydrogens (tertiary/aromatic N) is 1. The molecule has 3 nitrogen and oxygen atoms in total. The Morgan fingerprint density at radius 1 is 1.28 bits per heavy atom. The Hall–Kier alpha value is -0.120. The van der Waals surface area contributed by atoms with E-state index in [-0.39, 0.29) is 12.1 Å². The van der Waals surface area contributed by atoms with Gasteiger partial charge in [0.25, 0.3) is 0 Å².